The van der Waals surface area contributed by atoms with Crippen LogP contribution >= 0.6 is 7.82 Å². The van der Waals surface area contributed by atoms with E-state index in [2.05, 4.69) is 73.1 Å². The molecule has 1 unspecified atom stereocenters. The zero-order valence-corrected chi connectivity index (χ0v) is 33.2. The van der Waals surface area contributed by atoms with Gasteiger partial charge in [-0.3, -0.25) is 23.4 Å². The van der Waals surface area contributed by atoms with E-state index in [0.717, 1.165) is 51.4 Å². The summed E-state index contributed by atoms with van der Waals surface area (Å²) in [4.78, 5) is 45.7. The van der Waals surface area contributed by atoms with Crippen molar-refractivity contribution in [1.29, 1.82) is 0 Å². The summed E-state index contributed by atoms with van der Waals surface area (Å²) in [6.07, 6.45) is 41.4. The van der Waals surface area contributed by atoms with Crippen LogP contribution < -0.4 is 5.73 Å². The largest absolute Gasteiger partial charge is 0.480 e. The molecule has 53 heavy (non-hydrogen) atoms. The first kappa shape index (κ1) is 49.9. The van der Waals surface area contributed by atoms with Crippen molar-refractivity contribution in [2.45, 2.75) is 148 Å². The second-order valence-corrected chi connectivity index (χ2v) is 14.1. The van der Waals surface area contributed by atoms with Crippen molar-refractivity contribution in [2.75, 3.05) is 19.8 Å². The van der Waals surface area contributed by atoms with Crippen LogP contribution in [0.3, 0.4) is 0 Å². The van der Waals surface area contributed by atoms with Crippen LogP contribution in [-0.4, -0.2) is 59.9 Å². The lowest BCUT2D eigenvalue weighted by molar-refractivity contribution is -0.161. The topological polar surface area (TPSA) is 172 Å². The molecule has 0 spiro atoms. The van der Waals surface area contributed by atoms with Gasteiger partial charge < -0.3 is 25.2 Å². The lowest BCUT2D eigenvalue weighted by Crippen LogP contribution is -2.34. The molecule has 0 saturated carbocycles. The monoisotopic (exact) mass is 765 g/mol. The third kappa shape index (κ3) is 35.7. The fourth-order valence-electron chi connectivity index (χ4n) is 4.68. The van der Waals surface area contributed by atoms with Gasteiger partial charge >= 0.3 is 25.7 Å². The maximum absolute atomic E-state index is 12.5. The standard InChI is InChI=1S/C41H68NO10P/c1-3-5-7-9-11-13-15-16-17-18-19-20-21-22-23-25-27-29-31-33-40(44)52-37(35-50-53(47,48)51-36-38(42)41(45)46)34-49-39(43)32-30-28-26-24-14-12-10-8-6-4-2/h5,7,11,13,16-17,19-20,22-23,27,29,37-38H,3-4,6,8-10,12,14-15,18,21,24-26,28,30-36,42H2,1-2H3,(H,45,46)(H,47,48)/b7-5-,13-11-,17-16-,20-19-,23-22-,29-27-/t37-,38+/m1/s1. The number of ether oxygens (including phenoxy) is 2. The Kier molecular flexibility index (Phi) is 33.8. The van der Waals surface area contributed by atoms with E-state index < -0.39 is 51.1 Å². The van der Waals surface area contributed by atoms with Crippen molar-refractivity contribution in [3.05, 3.63) is 72.9 Å². The molecule has 0 aliphatic rings. The van der Waals surface area contributed by atoms with Gasteiger partial charge in [0.15, 0.2) is 6.10 Å². The summed E-state index contributed by atoms with van der Waals surface area (Å²) in [6, 6.07) is -1.53. The molecule has 0 fully saturated rings. The van der Waals surface area contributed by atoms with Gasteiger partial charge in [0.2, 0.25) is 0 Å². The predicted octanol–water partition coefficient (Wildman–Crippen LogP) is 9.78. The normalized spacial score (nSPS) is 14.6. The Morgan fingerprint density at radius 1 is 0.604 bits per heavy atom. The maximum Gasteiger partial charge on any atom is 0.472 e. The van der Waals surface area contributed by atoms with Gasteiger partial charge in [-0.25, -0.2) is 4.57 Å². The summed E-state index contributed by atoms with van der Waals surface area (Å²) >= 11 is 0. The van der Waals surface area contributed by atoms with E-state index in [-0.39, 0.29) is 19.4 Å². The third-order valence-electron chi connectivity index (χ3n) is 7.73. The van der Waals surface area contributed by atoms with Crippen LogP contribution in [0.1, 0.15) is 136 Å². The van der Waals surface area contributed by atoms with E-state index >= 15 is 0 Å². The number of hydrogen-bond donors (Lipinski definition) is 3. The number of hydrogen-bond acceptors (Lipinski definition) is 9. The van der Waals surface area contributed by atoms with E-state index in [4.69, 9.17) is 24.8 Å². The molecular weight excluding hydrogens is 697 g/mol. The Morgan fingerprint density at radius 2 is 1.06 bits per heavy atom. The molecule has 3 atom stereocenters. The highest BCUT2D eigenvalue weighted by atomic mass is 31.2. The quantitative estimate of drug-likeness (QED) is 0.0243. The molecule has 302 valence electrons. The van der Waals surface area contributed by atoms with Crippen LogP contribution in [0.5, 0.6) is 0 Å². The smallest absolute Gasteiger partial charge is 0.472 e. The Labute approximate surface area is 319 Å². The van der Waals surface area contributed by atoms with Crippen LogP contribution in [0, 0.1) is 0 Å². The minimum Gasteiger partial charge on any atom is -0.480 e. The van der Waals surface area contributed by atoms with Gasteiger partial charge in [-0.05, 0) is 51.4 Å². The Balaban J connectivity index is 4.56. The number of nitrogens with two attached hydrogens (primary N) is 1. The Bertz CT molecular complexity index is 1180. The summed E-state index contributed by atoms with van der Waals surface area (Å²) < 4.78 is 32.4. The lowest BCUT2D eigenvalue weighted by atomic mass is 10.1. The Hall–Kier alpha value is -3.08. The molecule has 0 radical (unpaired) electrons. The van der Waals surface area contributed by atoms with E-state index in [1.807, 2.05) is 18.2 Å². The van der Waals surface area contributed by atoms with Crippen LogP contribution in [0.15, 0.2) is 72.9 Å². The summed E-state index contributed by atoms with van der Waals surface area (Å²) in [6.45, 7) is 2.56. The number of phosphoric ester groups is 1. The van der Waals surface area contributed by atoms with Crippen molar-refractivity contribution < 1.29 is 47.5 Å². The third-order valence-corrected chi connectivity index (χ3v) is 8.68. The molecule has 0 bridgehead atoms. The van der Waals surface area contributed by atoms with Crippen LogP contribution in [-0.2, 0) is 37.5 Å². The van der Waals surface area contributed by atoms with E-state index in [9.17, 15) is 23.8 Å². The predicted molar refractivity (Wildman–Crippen MR) is 212 cm³/mol. The first-order chi connectivity index (χ1) is 25.6. The first-order valence-electron chi connectivity index (χ1n) is 19.5. The maximum atomic E-state index is 12.5. The number of carbonyl (C=O) groups is 3. The fraction of sp³-hybridized carbons (Fsp3) is 0.634. The lowest BCUT2D eigenvalue weighted by Gasteiger charge is -2.20. The van der Waals surface area contributed by atoms with Gasteiger partial charge in [0.25, 0.3) is 0 Å². The van der Waals surface area contributed by atoms with Gasteiger partial charge in [0.1, 0.15) is 12.6 Å². The SMILES string of the molecule is CC/C=C\C/C=C\C/C=C\C/C=C\C/C=C\C/C=C\CCC(=O)O[C@H](COC(=O)CCCCCCCCCCCC)COP(=O)(O)OC[C@H](N)C(=O)O. The highest BCUT2D eigenvalue weighted by Gasteiger charge is 2.28. The number of carboxylic acids is 1. The number of esters is 2. The average molecular weight is 766 g/mol. The molecule has 0 amide bonds. The van der Waals surface area contributed by atoms with Gasteiger partial charge in [-0.1, -0.05) is 145 Å². The van der Waals surface area contributed by atoms with E-state index in [1.165, 1.54) is 38.5 Å². The fourth-order valence-corrected chi connectivity index (χ4v) is 5.46. The molecule has 0 aromatic heterocycles. The summed E-state index contributed by atoms with van der Waals surface area (Å²) in [5.74, 6) is -2.50. The molecule has 0 rings (SSSR count). The number of allylic oxidation sites excluding steroid dienone is 12. The molecule has 0 aliphatic carbocycles. The van der Waals surface area contributed by atoms with Crippen LogP contribution in [0.25, 0.3) is 0 Å². The van der Waals surface area contributed by atoms with Gasteiger partial charge in [-0.2, -0.15) is 0 Å². The van der Waals surface area contributed by atoms with Gasteiger partial charge in [0, 0.05) is 12.8 Å². The summed E-state index contributed by atoms with van der Waals surface area (Å²) in [5.41, 5.74) is 5.31. The van der Waals surface area contributed by atoms with Crippen molar-refractivity contribution in [2.24, 2.45) is 5.73 Å². The zero-order chi connectivity index (χ0) is 39.3. The Morgan fingerprint density at radius 3 is 1.55 bits per heavy atom. The minimum absolute atomic E-state index is 0.0337. The molecule has 0 saturated heterocycles. The van der Waals surface area contributed by atoms with E-state index in [1.54, 1.807) is 0 Å². The van der Waals surface area contributed by atoms with Crippen molar-refractivity contribution >= 4 is 25.7 Å². The molecule has 0 aromatic rings. The molecule has 0 aromatic carbocycles. The first-order valence-corrected chi connectivity index (χ1v) is 21.0. The molecule has 4 N–H and O–H groups in total. The van der Waals surface area contributed by atoms with Crippen molar-refractivity contribution in [3.8, 4) is 0 Å². The summed E-state index contributed by atoms with van der Waals surface area (Å²) in [7, 11) is -4.73. The van der Waals surface area contributed by atoms with Crippen molar-refractivity contribution in [3.63, 3.8) is 0 Å². The molecular formula is C41H68NO10P. The molecule has 12 heteroatoms. The minimum atomic E-state index is -4.73. The number of carboxylic acid groups (broad SMARTS) is 1. The van der Waals surface area contributed by atoms with Crippen LogP contribution in [0.2, 0.25) is 0 Å². The number of carbonyl (C=O) groups excluding carboxylic acids is 2. The molecule has 11 nitrogen and oxygen atoms in total. The van der Waals surface area contributed by atoms with Gasteiger partial charge in [0.05, 0.1) is 13.2 Å². The zero-order valence-electron chi connectivity index (χ0n) is 32.3. The summed E-state index contributed by atoms with van der Waals surface area (Å²) in [5, 5.41) is 8.86. The number of rotatable bonds is 35. The second kappa shape index (κ2) is 35.9. The molecule has 0 heterocycles. The van der Waals surface area contributed by atoms with Crippen molar-refractivity contribution in [1.82, 2.24) is 0 Å². The van der Waals surface area contributed by atoms with Crippen LogP contribution in [0.4, 0.5) is 0 Å². The highest BCUT2D eigenvalue weighted by molar-refractivity contribution is 7.47. The number of unbranched alkanes of at least 4 members (excludes halogenated alkanes) is 9. The highest BCUT2D eigenvalue weighted by Crippen LogP contribution is 2.43. The number of aliphatic carboxylic acids is 1. The second-order valence-electron chi connectivity index (χ2n) is 12.7. The van der Waals surface area contributed by atoms with E-state index in [0.29, 0.717) is 19.3 Å². The molecule has 0 aliphatic heterocycles. The van der Waals surface area contributed by atoms with Gasteiger partial charge in [-0.15, -0.1) is 0 Å². The average Bonchev–Trinajstić information content (AvgIpc) is 3.13. The number of phosphoric acid groups is 1.